The minimum absolute atomic E-state index is 0.423. The first-order chi connectivity index (χ1) is 14.6. The molecule has 2 aromatic carbocycles. The van der Waals surface area contributed by atoms with E-state index in [4.69, 9.17) is 21.4 Å². The number of benzene rings is 2. The van der Waals surface area contributed by atoms with Crippen molar-refractivity contribution in [3.8, 4) is 0 Å². The summed E-state index contributed by atoms with van der Waals surface area (Å²) in [7, 11) is 0. The molecule has 2 rings (SSSR count). The number of carbonyl (C=O) groups is 1. The third kappa shape index (κ3) is 8.13. The van der Waals surface area contributed by atoms with Crippen molar-refractivity contribution in [1.82, 2.24) is 0 Å². The molecular weight excluding hydrogens is 398 g/mol. The van der Waals surface area contributed by atoms with Crippen molar-refractivity contribution in [3.05, 3.63) is 77.4 Å². The van der Waals surface area contributed by atoms with Gasteiger partial charge in [-0.15, -0.1) is 0 Å². The molecule has 0 amide bonds. The number of nitrogens with zero attached hydrogens (tertiary/aromatic N) is 1. The van der Waals surface area contributed by atoms with Crippen LogP contribution < -0.4 is 0 Å². The molecular formula is C25H30ClNO3. The van der Waals surface area contributed by atoms with E-state index in [-0.39, 0.29) is 0 Å². The summed E-state index contributed by atoms with van der Waals surface area (Å²) in [5.41, 5.74) is 2.76. The lowest BCUT2D eigenvalue weighted by atomic mass is 10.0. The molecule has 0 aromatic heterocycles. The first-order valence-electron chi connectivity index (χ1n) is 10.5. The van der Waals surface area contributed by atoms with Gasteiger partial charge < -0.3 is 0 Å². The Morgan fingerprint density at radius 2 is 1.73 bits per heavy atom. The first-order valence-corrected chi connectivity index (χ1v) is 10.9. The molecule has 0 saturated carbocycles. The second-order valence-electron chi connectivity index (χ2n) is 7.02. The van der Waals surface area contributed by atoms with Gasteiger partial charge in [-0.1, -0.05) is 99.3 Å². The molecule has 0 aliphatic carbocycles. The molecule has 0 fully saturated rings. The molecule has 0 aliphatic rings. The number of hydrogen-bond donors (Lipinski definition) is 0. The van der Waals surface area contributed by atoms with Crippen molar-refractivity contribution in [2.75, 3.05) is 6.61 Å². The standard InChI is InChI=1S/C25H30ClNO3/c1-3-5-6-10-19-29-30-24(28)18-15-21-13-16-23(17-14-21)25(26,4-2)27-20-22-11-8-7-9-12-22/h7-9,11-18,20H,3-6,10,19H2,1-2H3. The summed E-state index contributed by atoms with van der Waals surface area (Å²) >= 11 is 6.77. The molecule has 0 aliphatic heterocycles. The molecule has 0 radical (unpaired) electrons. The van der Waals surface area contributed by atoms with Crippen molar-refractivity contribution in [1.29, 1.82) is 0 Å². The van der Waals surface area contributed by atoms with Crippen LogP contribution in [0, 0.1) is 0 Å². The Morgan fingerprint density at radius 1 is 1.00 bits per heavy atom. The molecule has 30 heavy (non-hydrogen) atoms. The average Bonchev–Trinajstić information content (AvgIpc) is 2.79. The van der Waals surface area contributed by atoms with E-state index in [1.54, 1.807) is 12.3 Å². The molecule has 5 heteroatoms. The Bertz CT molecular complexity index is 818. The van der Waals surface area contributed by atoms with Crippen molar-refractivity contribution in [2.45, 2.75) is 50.9 Å². The molecule has 2 aromatic rings. The highest BCUT2D eigenvalue weighted by molar-refractivity contribution is 6.24. The molecule has 0 spiro atoms. The Labute approximate surface area is 184 Å². The van der Waals surface area contributed by atoms with Crippen LogP contribution in [0.2, 0.25) is 0 Å². The van der Waals surface area contributed by atoms with E-state index in [0.717, 1.165) is 42.4 Å². The summed E-state index contributed by atoms with van der Waals surface area (Å²) in [5, 5.41) is 0. The van der Waals surface area contributed by atoms with Gasteiger partial charge >= 0.3 is 5.97 Å². The van der Waals surface area contributed by atoms with Crippen LogP contribution in [0.1, 0.15) is 62.6 Å². The smallest absolute Gasteiger partial charge is 0.294 e. The van der Waals surface area contributed by atoms with Gasteiger partial charge in [-0.2, -0.15) is 4.89 Å². The van der Waals surface area contributed by atoms with Crippen LogP contribution in [0.4, 0.5) is 0 Å². The van der Waals surface area contributed by atoms with Crippen molar-refractivity contribution in [2.24, 2.45) is 4.99 Å². The van der Waals surface area contributed by atoms with Gasteiger partial charge in [0.05, 0.1) is 6.61 Å². The summed E-state index contributed by atoms with van der Waals surface area (Å²) in [6.07, 6.45) is 9.75. The number of halogens is 1. The monoisotopic (exact) mass is 427 g/mol. The molecule has 1 unspecified atom stereocenters. The fourth-order valence-electron chi connectivity index (χ4n) is 2.82. The molecule has 0 bridgehead atoms. The topological polar surface area (TPSA) is 47.9 Å². The number of alkyl halides is 1. The Morgan fingerprint density at radius 3 is 2.40 bits per heavy atom. The second-order valence-corrected chi connectivity index (χ2v) is 7.65. The lowest BCUT2D eigenvalue weighted by Gasteiger charge is -2.21. The molecule has 0 N–H and O–H groups in total. The summed E-state index contributed by atoms with van der Waals surface area (Å²) < 4.78 is 0. The number of unbranched alkanes of at least 4 members (excludes halogenated alkanes) is 3. The van der Waals surface area contributed by atoms with E-state index in [1.807, 2.05) is 61.5 Å². The molecule has 0 saturated heterocycles. The predicted octanol–water partition coefficient (Wildman–Crippen LogP) is 6.68. The van der Waals surface area contributed by atoms with Crippen molar-refractivity contribution in [3.63, 3.8) is 0 Å². The van der Waals surface area contributed by atoms with Crippen LogP contribution in [-0.4, -0.2) is 18.8 Å². The highest BCUT2D eigenvalue weighted by atomic mass is 35.5. The minimum Gasteiger partial charge on any atom is -0.294 e. The average molecular weight is 428 g/mol. The van der Waals surface area contributed by atoms with E-state index in [9.17, 15) is 4.79 Å². The zero-order valence-corrected chi connectivity index (χ0v) is 18.5. The lowest BCUT2D eigenvalue weighted by Crippen LogP contribution is -2.14. The SMILES string of the molecule is CCCCCCOOC(=O)C=Cc1ccc(C(Cl)(CC)N=Cc2ccccc2)cc1. The Kier molecular flexibility index (Phi) is 10.3. The van der Waals surface area contributed by atoms with E-state index >= 15 is 0 Å². The fourth-order valence-corrected chi connectivity index (χ4v) is 2.99. The maximum Gasteiger partial charge on any atom is 0.365 e. The minimum atomic E-state index is -0.831. The number of carbonyl (C=O) groups excluding carboxylic acids is 1. The van der Waals surface area contributed by atoms with Crippen molar-refractivity contribution < 1.29 is 14.6 Å². The quantitative estimate of drug-likeness (QED) is 0.0722. The maximum absolute atomic E-state index is 11.7. The Balaban J connectivity index is 1.90. The van der Waals surface area contributed by atoms with Gasteiger partial charge in [0.15, 0.2) is 5.00 Å². The van der Waals surface area contributed by atoms with E-state index in [0.29, 0.717) is 13.0 Å². The molecule has 4 nitrogen and oxygen atoms in total. The molecule has 0 heterocycles. The summed E-state index contributed by atoms with van der Waals surface area (Å²) in [6, 6.07) is 17.5. The third-order valence-electron chi connectivity index (χ3n) is 4.67. The first kappa shape index (κ1) is 23.8. The third-order valence-corrected chi connectivity index (χ3v) is 5.26. The van der Waals surface area contributed by atoms with Gasteiger partial charge in [-0.05, 0) is 35.6 Å². The number of aliphatic imine (C=N–C) groups is 1. The van der Waals surface area contributed by atoms with Crippen LogP contribution in [0.15, 0.2) is 65.7 Å². The van der Waals surface area contributed by atoms with Gasteiger partial charge in [0.2, 0.25) is 0 Å². The van der Waals surface area contributed by atoms with Crippen LogP contribution in [0.3, 0.4) is 0 Å². The fraction of sp³-hybridized carbons (Fsp3) is 0.360. The van der Waals surface area contributed by atoms with Gasteiger partial charge in [0, 0.05) is 12.3 Å². The van der Waals surface area contributed by atoms with Crippen LogP contribution >= 0.6 is 11.6 Å². The van der Waals surface area contributed by atoms with Crippen LogP contribution in [-0.2, 0) is 19.6 Å². The zero-order chi connectivity index (χ0) is 21.7. The van der Waals surface area contributed by atoms with E-state index < -0.39 is 11.0 Å². The molecule has 160 valence electrons. The highest BCUT2D eigenvalue weighted by Crippen LogP contribution is 2.34. The lowest BCUT2D eigenvalue weighted by molar-refractivity contribution is -0.267. The summed E-state index contributed by atoms with van der Waals surface area (Å²) in [5.74, 6) is -0.526. The summed E-state index contributed by atoms with van der Waals surface area (Å²) in [4.78, 5) is 25.2. The second kappa shape index (κ2) is 13.0. The summed E-state index contributed by atoms with van der Waals surface area (Å²) in [6.45, 7) is 4.57. The number of rotatable bonds is 12. The zero-order valence-electron chi connectivity index (χ0n) is 17.7. The van der Waals surface area contributed by atoms with Crippen molar-refractivity contribution >= 4 is 29.9 Å². The Hall–Kier alpha value is -2.43. The highest BCUT2D eigenvalue weighted by Gasteiger charge is 2.25. The van der Waals surface area contributed by atoms with E-state index in [2.05, 4.69) is 11.9 Å². The maximum atomic E-state index is 11.7. The predicted molar refractivity (Wildman–Crippen MR) is 124 cm³/mol. The van der Waals surface area contributed by atoms with Gasteiger partial charge in [-0.25, -0.2) is 4.79 Å². The largest absolute Gasteiger partial charge is 0.365 e. The van der Waals surface area contributed by atoms with Gasteiger partial charge in [0.25, 0.3) is 0 Å². The molecule has 1 atom stereocenters. The van der Waals surface area contributed by atoms with Gasteiger partial charge in [-0.3, -0.25) is 9.88 Å². The normalized spacial score (nSPS) is 13.6. The number of hydrogen-bond acceptors (Lipinski definition) is 4. The van der Waals surface area contributed by atoms with E-state index in [1.165, 1.54) is 6.08 Å². The van der Waals surface area contributed by atoms with Crippen LogP contribution in [0.25, 0.3) is 6.08 Å². The van der Waals surface area contributed by atoms with Crippen LogP contribution in [0.5, 0.6) is 0 Å². The van der Waals surface area contributed by atoms with Gasteiger partial charge in [0.1, 0.15) is 0 Å².